The third-order valence-electron chi connectivity index (χ3n) is 2.20. The molecule has 1 aromatic heterocycles. The number of nitrogens with zero attached hydrogens (tertiary/aromatic N) is 4. The van der Waals surface area contributed by atoms with Gasteiger partial charge in [0.1, 0.15) is 5.75 Å². The van der Waals surface area contributed by atoms with Gasteiger partial charge in [-0.15, -0.1) is 16.4 Å². The molecule has 17 heavy (non-hydrogen) atoms. The summed E-state index contributed by atoms with van der Waals surface area (Å²) < 4.78 is 0. The van der Waals surface area contributed by atoms with E-state index >= 15 is 0 Å². The van der Waals surface area contributed by atoms with Crippen LogP contribution >= 0.6 is 11.3 Å². The fourth-order valence-corrected chi connectivity index (χ4v) is 1.98. The van der Waals surface area contributed by atoms with Gasteiger partial charge in [-0.05, 0) is 12.1 Å². The van der Waals surface area contributed by atoms with Crippen LogP contribution < -0.4 is 15.7 Å². The van der Waals surface area contributed by atoms with E-state index < -0.39 is 0 Å². The maximum absolute atomic E-state index is 9.45. The molecular weight excluding hydrogens is 238 g/mol. The quantitative estimate of drug-likeness (QED) is 0.839. The van der Waals surface area contributed by atoms with Gasteiger partial charge in [0.25, 0.3) is 0 Å². The zero-order chi connectivity index (χ0) is 11.7. The number of anilines is 2. The number of aromatic hydroxyl groups is 1. The summed E-state index contributed by atoms with van der Waals surface area (Å²) in [4.78, 5) is 4.17. The second-order valence-corrected chi connectivity index (χ2v) is 4.02. The minimum atomic E-state index is 0.189. The van der Waals surface area contributed by atoms with Gasteiger partial charge in [0.15, 0.2) is 5.82 Å². The lowest BCUT2D eigenvalue weighted by atomic mass is 10.3. The average Bonchev–Trinajstić information content (AvgIpc) is 3.00. The monoisotopic (exact) mass is 246 g/mol. The first kappa shape index (κ1) is 9.91. The second-order valence-electron chi connectivity index (χ2n) is 3.30. The molecule has 1 radical (unpaired) electrons. The molecule has 1 aliphatic heterocycles. The first-order chi connectivity index (χ1) is 8.34. The van der Waals surface area contributed by atoms with Gasteiger partial charge < -0.3 is 5.11 Å². The van der Waals surface area contributed by atoms with E-state index in [9.17, 15) is 5.11 Å². The van der Waals surface area contributed by atoms with Crippen LogP contribution in [0, 0.1) is 0 Å². The molecule has 0 saturated carbocycles. The molecule has 0 amide bonds. The van der Waals surface area contributed by atoms with E-state index in [1.165, 1.54) is 11.3 Å². The highest BCUT2D eigenvalue weighted by atomic mass is 32.1. The molecule has 1 aromatic carbocycles. The van der Waals surface area contributed by atoms with Gasteiger partial charge >= 0.3 is 0 Å². The lowest BCUT2D eigenvalue weighted by Gasteiger charge is -2.25. The van der Waals surface area contributed by atoms with Gasteiger partial charge in [0.05, 0.1) is 11.2 Å². The minimum Gasteiger partial charge on any atom is -0.508 e. The van der Waals surface area contributed by atoms with E-state index in [1.54, 1.807) is 33.8 Å². The van der Waals surface area contributed by atoms with Crippen molar-refractivity contribution in [3.8, 4) is 5.75 Å². The number of hydrogen-bond acceptors (Lipinski definition) is 7. The molecular formula is C10H8N5OS. The number of benzene rings is 1. The van der Waals surface area contributed by atoms with Crippen molar-refractivity contribution in [2.45, 2.75) is 0 Å². The summed E-state index contributed by atoms with van der Waals surface area (Å²) in [5.74, 6) is 0.904. The van der Waals surface area contributed by atoms with E-state index in [1.807, 2.05) is 11.4 Å². The third-order valence-corrected chi connectivity index (χ3v) is 2.77. The van der Waals surface area contributed by atoms with Crippen LogP contribution in [0.25, 0.3) is 0 Å². The smallest absolute Gasteiger partial charge is 0.222 e. The number of thiazole rings is 1. The van der Waals surface area contributed by atoms with Crippen LogP contribution in [0.15, 0.2) is 40.3 Å². The predicted octanol–water partition coefficient (Wildman–Crippen LogP) is 1.42. The molecule has 85 valence electrons. The summed E-state index contributed by atoms with van der Waals surface area (Å²) in [6, 6.07) is 6.82. The third kappa shape index (κ3) is 1.76. The zero-order valence-electron chi connectivity index (χ0n) is 8.61. The van der Waals surface area contributed by atoms with Crippen LogP contribution in [0.2, 0.25) is 0 Å². The maximum atomic E-state index is 9.45. The normalized spacial score (nSPS) is 14.1. The number of phenolic OH excluding ortho intramolecular Hbond substituents is 1. The van der Waals surface area contributed by atoms with Gasteiger partial charge in [-0.3, -0.25) is 0 Å². The molecule has 0 saturated heterocycles. The predicted molar refractivity (Wildman–Crippen MR) is 65.7 cm³/mol. The van der Waals surface area contributed by atoms with E-state index in [2.05, 4.69) is 22.0 Å². The number of hydrazone groups is 1. The summed E-state index contributed by atoms with van der Waals surface area (Å²) in [6.07, 6.45) is 2.77. The maximum Gasteiger partial charge on any atom is 0.222 e. The Labute approximate surface area is 101 Å². The fourth-order valence-electron chi connectivity index (χ4n) is 1.47. The SMILES string of the molecule is Oc1cccc(N2[C]=NNN2c2cscn2)c1. The molecule has 6 nitrogen and oxygen atoms in total. The van der Waals surface area contributed by atoms with Crippen LogP contribution in [-0.4, -0.2) is 16.4 Å². The van der Waals surface area contributed by atoms with Crippen molar-refractivity contribution in [3.05, 3.63) is 35.2 Å². The minimum absolute atomic E-state index is 0.189. The molecule has 0 fully saturated rings. The Hall–Kier alpha value is -2.28. The van der Waals surface area contributed by atoms with Crippen LogP contribution in [0.3, 0.4) is 0 Å². The molecule has 2 N–H and O–H groups in total. The Kier molecular flexibility index (Phi) is 2.30. The Balaban J connectivity index is 1.94. The van der Waals surface area contributed by atoms with Gasteiger partial charge in [0, 0.05) is 11.4 Å². The molecule has 3 rings (SSSR count). The number of aromatic nitrogens is 1. The fraction of sp³-hybridized carbons (Fsp3) is 0. The van der Waals surface area contributed by atoms with Crippen molar-refractivity contribution in [1.82, 2.24) is 10.5 Å². The van der Waals surface area contributed by atoms with Gasteiger partial charge in [-0.25, -0.2) is 9.99 Å². The lowest BCUT2D eigenvalue weighted by molar-refractivity contribution is 0.475. The van der Waals surface area contributed by atoms with E-state index in [0.717, 1.165) is 5.69 Å². The van der Waals surface area contributed by atoms with E-state index in [-0.39, 0.29) is 5.75 Å². The standard InChI is InChI=1S/C10H8N5OS/c16-9-3-1-2-8(4-9)14-6-12-13-15(14)10-5-17-7-11-10/h1-5,7,13,16H. The summed E-state index contributed by atoms with van der Waals surface area (Å²) >= 11 is 1.49. The molecule has 2 heterocycles. The van der Waals surface area contributed by atoms with Gasteiger partial charge in [-0.1, -0.05) is 6.07 Å². The Morgan fingerprint density at radius 1 is 1.41 bits per heavy atom. The highest BCUT2D eigenvalue weighted by Crippen LogP contribution is 2.24. The first-order valence-electron chi connectivity index (χ1n) is 4.83. The molecule has 0 unspecified atom stereocenters. The van der Waals surface area contributed by atoms with Crippen LogP contribution in [-0.2, 0) is 0 Å². The molecule has 7 heteroatoms. The molecule has 2 aromatic rings. The molecule has 0 spiro atoms. The van der Waals surface area contributed by atoms with Gasteiger partial charge in [-0.2, -0.15) is 10.7 Å². The van der Waals surface area contributed by atoms with Crippen LogP contribution in [0.5, 0.6) is 5.75 Å². The highest BCUT2D eigenvalue weighted by molar-refractivity contribution is 7.07. The number of nitrogens with one attached hydrogen (secondary N) is 1. The van der Waals surface area contributed by atoms with Crippen LogP contribution in [0.4, 0.5) is 11.5 Å². The topological polar surface area (TPSA) is 64.0 Å². The van der Waals surface area contributed by atoms with Crippen molar-refractivity contribution in [2.75, 3.05) is 10.1 Å². The Morgan fingerprint density at radius 3 is 3.12 bits per heavy atom. The molecule has 0 aliphatic carbocycles. The zero-order valence-corrected chi connectivity index (χ0v) is 9.42. The number of hydrogen-bond donors (Lipinski definition) is 2. The van der Waals surface area contributed by atoms with E-state index in [0.29, 0.717) is 5.82 Å². The molecule has 0 bridgehead atoms. The summed E-state index contributed by atoms with van der Waals surface area (Å²) in [5.41, 5.74) is 5.24. The van der Waals surface area contributed by atoms with Crippen molar-refractivity contribution in [3.63, 3.8) is 0 Å². The average molecular weight is 246 g/mol. The number of hydrazine groups is 2. The second kappa shape index (κ2) is 3.95. The van der Waals surface area contributed by atoms with Gasteiger partial charge in [0.2, 0.25) is 6.34 Å². The Bertz CT molecular complexity index is 541. The summed E-state index contributed by atoms with van der Waals surface area (Å²) in [5, 5.41) is 18.4. The molecule has 0 atom stereocenters. The number of phenols is 1. The number of rotatable bonds is 2. The molecule has 1 aliphatic rings. The highest BCUT2D eigenvalue weighted by Gasteiger charge is 2.22. The lowest BCUT2D eigenvalue weighted by Crippen LogP contribution is -2.43. The van der Waals surface area contributed by atoms with Crippen molar-refractivity contribution in [2.24, 2.45) is 5.10 Å². The van der Waals surface area contributed by atoms with Crippen molar-refractivity contribution < 1.29 is 5.11 Å². The van der Waals surface area contributed by atoms with Crippen molar-refractivity contribution >= 4 is 29.2 Å². The van der Waals surface area contributed by atoms with Crippen molar-refractivity contribution in [1.29, 1.82) is 0 Å². The Morgan fingerprint density at radius 2 is 2.35 bits per heavy atom. The summed E-state index contributed by atoms with van der Waals surface area (Å²) in [7, 11) is 0. The summed E-state index contributed by atoms with van der Waals surface area (Å²) in [6.45, 7) is 0. The van der Waals surface area contributed by atoms with E-state index in [4.69, 9.17) is 0 Å². The first-order valence-corrected chi connectivity index (χ1v) is 5.77. The van der Waals surface area contributed by atoms with Crippen LogP contribution in [0.1, 0.15) is 0 Å². The largest absolute Gasteiger partial charge is 0.508 e.